The van der Waals surface area contributed by atoms with E-state index in [1.54, 1.807) is 26.0 Å². The highest BCUT2D eigenvalue weighted by Crippen LogP contribution is 2.27. The minimum absolute atomic E-state index is 0.0270. The van der Waals surface area contributed by atoms with E-state index >= 15 is 0 Å². The standard InChI is InChI=1S/C36H54N6O10/c1-20(2)16-26(33(48)42-29(36(51)52)18-24-12-10-21(3)11-13-24)39-35(50)28(19-31(45)46)41-34(49)27(17-23-8-6-5-7-9-23)40-32(47)25(38-22(4)43)14-15-30(37)44/h10-13,20,23,25-29H,5-9,14-19H2,1-4H3,(H2,37,44)(H,38,43)(H,39,50)(H,40,47)(H,41,49)(H,42,48)(H,45,46)(H,51,52)/t25-,26-,27-,28-,29-/m0/s1. The number of carbonyl (C=O) groups is 8. The van der Waals surface area contributed by atoms with Crippen LogP contribution in [-0.4, -0.2) is 87.8 Å². The maximum atomic E-state index is 13.8. The van der Waals surface area contributed by atoms with Crippen LogP contribution in [0.1, 0.15) is 96.1 Å². The number of carbonyl (C=O) groups excluding carboxylic acids is 6. The van der Waals surface area contributed by atoms with Crippen LogP contribution in [0.2, 0.25) is 0 Å². The van der Waals surface area contributed by atoms with Crippen LogP contribution >= 0.6 is 0 Å². The van der Waals surface area contributed by atoms with E-state index in [1.165, 1.54) is 6.92 Å². The van der Waals surface area contributed by atoms with Gasteiger partial charge in [0.25, 0.3) is 0 Å². The molecule has 9 N–H and O–H groups in total. The fourth-order valence-electron chi connectivity index (χ4n) is 6.12. The van der Waals surface area contributed by atoms with Crippen molar-refractivity contribution in [2.45, 2.75) is 129 Å². The zero-order valence-corrected chi connectivity index (χ0v) is 30.4. The maximum Gasteiger partial charge on any atom is 0.326 e. The monoisotopic (exact) mass is 730 g/mol. The molecule has 1 aliphatic rings. The Morgan fingerprint density at radius 2 is 1.25 bits per heavy atom. The van der Waals surface area contributed by atoms with Crippen molar-refractivity contribution in [3.63, 3.8) is 0 Å². The van der Waals surface area contributed by atoms with Gasteiger partial charge in [-0.15, -0.1) is 0 Å². The van der Waals surface area contributed by atoms with Crippen LogP contribution < -0.4 is 32.3 Å². The van der Waals surface area contributed by atoms with Crippen LogP contribution in [-0.2, 0) is 44.8 Å². The molecule has 0 spiro atoms. The van der Waals surface area contributed by atoms with Gasteiger partial charge < -0.3 is 42.5 Å². The summed E-state index contributed by atoms with van der Waals surface area (Å²) in [7, 11) is 0. The lowest BCUT2D eigenvalue weighted by Crippen LogP contribution is -2.59. The van der Waals surface area contributed by atoms with Crippen molar-refractivity contribution in [3.8, 4) is 0 Å². The van der Waals surface area contributed by atoms with Gasteiger partial charge in [0.15, 0.2) is 0 Å². The van der Waals surface area contributed by atoms with E-state index < -0.39 is 84.0 Å². The highest BCUT2D eigenvalue weighted by atomic mass is 16.4. The quantitative estimate of drug-likeness (QED) is 0.0883. The summed E-state index contributed by atoms with van der Waals surface area (Å²) >= 11 is 0. The van der Waals surface area contributed by atoms with Crippen LogP contribution in [0.5, 0.6) is 0 Å². The molecular weight excluding hydrogens is 676 g/mol. The fraction of sp³-hybridized carbons (Fsp3) is 0.611. The molecule has 0 unspecified atom stereocenters. The maximum absolute atomic E-state index is 13.8. The lowest BCUT2D eigenvalue weighted by molar-refractivity contribution is -0.143. The number of hydrogen-bond donors (Lipinski definition) is 8. The number of carboxylic acids is 2. The van der Waals surface area contributed by atoms with Gasteiger partial charge in [0.2, 0.25) is 35.4 Å². The fourth-order valence-corrected chi connectivity index (χ4v) is 6.12. The number of nitrogens with two attached hydrogens (primary N) is 1. The predicted octanol–water partition coefficient (Wildman–Crippen LogP) is 0.823. The molecule has 6 amide bonds. The van der Waals surface area contributed by atoms with E-state index in [9.17, 15) is 48.6 Å². The molecule has 1 aromatic rings. The van der Waals surface area contributed by atoms with Gasteiger partial charge in [-0.05, 0) is 43.6 Å². The number of aryl methyl sites for hydroxylation is 1. The number of carboxylic acid groups (broad SMARTS) is 2. The van der Waals surface area contributed by atoms with Crippen molar-refractivity contribution in [1.29, 1.82) is 0 Å². The topological polar surface area (TPSA) is 263 Å². The Kier molecular flexibility index (Phi) is 17.7. The third kappa shape index (κ3) is 15.9. The average Bonchev–Trinajstić information content (AvgIpc) is 3.05. The average molecular weight is 731 g/mol. The molecule has 0 aromatic heterocycles. The summed E-state index contributed by atoms with van der Waals surface area (Å²) in [6, 6.07) is 0.396. The van der Waals surface area contributed by atoms with E-state index in [0.717, 1.165) is 37.7 Å². The van der Waals surface area contributed by atoms with Crippen LogP contribution in [0.15, 0.2) is 24.3 Å². The third-order valence-corrected chi connectivity index (χ3v) is 8.83. The van der Waals surface area contributed by atoms with Crippen LogP contribution in [0.3, 0.4) is 0 Å². The van der Waals surface area contributed by atoms with Crippen molar-refractivity contribution >= 4 is 47.4 Å². The van der Waals surface area contributed by atoms with E-state index in [1.807, 2.05) is 19.1 Å². The summed E-state index contributed by atoms with van der Waals surface area (Å²) in [6.45, 7) is 6.62. The van der Waals surface area contributed by atoms with Gasteiger partial charge in [-0.1, -0.05) is 75.8 Å². The molecule has 0 radical (unpaired) electrons. The number of primary amides is 1. The number of benzene rings is 1. The molecule has 2 rings (SSSR count). The van der Waals surface area contributed by atoms with Gasteiger partial charge in [-0.3, -0.25) is 33.6 Å². The second-order valence-electron chi connectivity index (χ2n) is 14.0. The van der Waals surface area contributed by atoms with Gasteiger partial charge >= 0.3 is 11.9 Å². The normalized spacial score (nSPS) is 15.9. The zero-order valence-electron chi connectivity index (χ0n) is 30.4. The van der Waals surface area contributed by atoms with Crippen molar-refractivity contribution in [2.75, 3.05) is 0 Å². The molecule has 1 aliphatic carbocycles. The first kappa shape index (κ1) is 43.1. The highest BCUT2D eigenvalue weighted by molar-refractivity contribution is 5.97. The Balaban J connectivity index is 2.29. The summed E-state index contributed by atoms with van der Waals surface area (Å²) in [4.78, 5) is 101. The number of nitrogens with one attached hydrogen (secondary N) is 5. The summed E-state index contributed by atoms with van der Waals surface area (Å²) in [5.74, 6) is -7.53. The summed E-state index contributed by atoms with van der Waals surface area (Å²) in [5, 5.41) is 32.0. The number of amides is 6. The second kappa shape index (κ2) is 21.4. The summed E-state index contributed by atoms with van der Waals surface area (Å²) in [6.07, 6.45) is 3.40. The van der Waals surface area contributed by atoms with Crippen molar-refractivity contribution in [1.82, 2.24) is 26.6 Å². The molecule has 0 bridgehead atoms. The highest BCUT2D eigenvalue weighted by Gasteiger charge is 2.35. The molecule has 0 aliphatic heterocycles. The van der Waals surface area contributed by atoms with Gasteiger partial charge in [0.05, 0.1) is 6.42 Å². The molecule has 52 heavy (non-hydrogen) atoms. The summed E-state index contributed by atoms with van der Waals surface area (Å²) in [5.41, 5.74) is 6.87. The van der Waals surface area contributed by atoms with Crippen LogP contribution in [0.25, 0.3) is 0 Å². The second-order valence-corrected chi connectivity index (χ2v) is 14.0. The Bertz CT molecular complexity index is 1430. The first-order valence-electron chi connectivity index (χ1n) is 17.7. The molecule has 1 aromatic carbocycles. The van der Waals surface area contributed by atoms with Gasteiger partial charge in [-0.2, -0.15) is 0 Å². The number of aliphatic carboxylic acids is 2. The molecule has 0 saturated heterocycles. The first-order valence-corrected chi connectivity index (χ1v) is 17.7. The Hall–Kier alpha value is -5.02. The van der Waals surface area contributed by atoms with Crippen molar-refractivity contribution in [3.05, 3.63) is 35.4 Å². The smallest absolute Gasteiger partial charge is 0.326 e. The molecule has 1 saturated carbocycles. The van der Waals surface area contributed by atoms with Crippen molar-refractivity contribution in [2.24, 2.45) is 17.6 Å². The zero-order chi connectivity index (χ0) is 39.0. The molecule has 16 nitrogen and oxygen atoms in total. The largest absolute Gasteiger partial charge is 0.481 e. The molecule has 16 heteroatoms. The van der Waals surface area contributed by atoms with E-state index in [0.29, 0.717) is 5.56 Å². The molecule has 0 heterocycles. The Morgan fingerprint density at radius 1 is 0.731 bits per heavy atom. The SMILES string of the molecule is CC(=O)N[C@@H](CCC(N)=O)C(=O)N[C@@H](CC1CCCCC1)C(=O)N[C@@H](CC(=O)O)C(=O)N[C@@H](CC(C)C)C(=O)N[C@@H](Cc1ccc(C)cc1)C(=O)O. The summed E-state index contributed by atoms with van der Waals surface area (Å²) < 4.78 is 0. The van der Waals surface area contributed by atoms with Gasteiger partial charge in [-0.25, -0.2) is 4.79 Å². The van der Waals surface area contributed by atoms with Crippen molar-refractivity contribution < 1.29 is 48.6 Å². The van der Waals surface area contributed by atoms with E-state index in [4.69, 9.17) is 5.73 Å². The first-order chi connectivity index (χ1) is 24.4. The lowest BCUT2D eigenvalue weighted by atomic mass is 9.84. The number of rotatable bonds is 21. The molecular formula is C36H54N6O10. The van der Waals surface area contributed by atoms with Crippen LogP contribution in [0.4, 0.5) is 0 Å². The molecule has 5 atom stereocenters. The number of hydrogen-bond acceptors (Lipinski definition) is 8. The minimum Gasteiger partial charge on any atom is -0.481 e. The molecule has 288 valence electrons. The lowest BCUT2D eigenvalue weighted by Gasteiger charge is -2.29. The molecule has 1 fully saturated rings. The van der Waals surface area contributed by atoms with Gasteiger partial charge in [0.1, 0.15) is 30.2 Å². The predicted molar refractivity (Wildman–Crippen MR) is 189 cm³/mol. The van der Waals surface area contributed by atoms with E-state index in [2.05, 4.69) is 26.6 Å². The van der Waals surface area contributed by atoms with Gasteiger partial charge in [0, 0.05) is 19.8 Å². The minimum atomic E-state index is -1.68. The third-order valence-electron chi connectivity index (χ3n) is 8.83. The van der Waals surface area contributed by atoms with E-state index in [-0.39, 0.29) is 43.9 Å². The van der Waals surface area contributed by atoms with Crippen LogP contribution in [0, 0.1) is 18.8 Å². The Morgan fingerprint density at radius 3 is 1.79 bits per heavy atom. The Labute approximate surface area is 303 Å².